The Labute approximate surface area is 101 Å². The number of rotatable bonds is 3. The maximum Gasteiger partial charge on any atom is 0.0779 e. The lowest BCUT2D eigenvalue weighted by molar-refractivity contribution is 0.830. The zero-order chi connectivity index (χ0) is 11.5. The summed E-state index contributed by atoms with van der Waals surface area (Å²) in [7, 11) is 0. The fraction of sp³-hybridized carbons (Fsp3) is 0.308. The molecule has 2 rings (SSSR count). The average Bonchev–Trinajstić information content (AvgIpc) is 2.71. The summed E-state index contributed by atoms with van der Waals surface area (Å²) in [5.74, 6) is 0.459. The Hall–Kier alpha value is -1.28. The molecule has 0 radical (unpaired) electrons. The summed E-state index contributed by atoms with van der Waals surface area (Å²) >= 11 is 5.77. The van der Waals surface area contributed by atoms with Crippen LogP contribution in [-0.4, -0.2) is 9.78 Å². The third-order valence-corrected chi connectivity index (χ3v) is 2.94. The molecular formula is C13H15ClN2. The number of halogens is 1. The first-order valence-corrected chi connectivity index (χ1v) is 5.99. The molecule has 0 bridgehead atoms. The lowest BCUT2D eigenvalue weighted by Crippen LogP contribution is -1.99. The number of hydrogen-bond acceptors (Lipinski definition) is 1. The zero-order valence-corrected chi connectivity index (χ0v) is 10.3. The minimum atomic E-state index is 0.459. The van der Waals surface area contributed by atoms with Gasteiger partial charge in [-0.2, -0.15) is 5.10 Å². The highest BCUT2D eigenvalue weighted by Gasteiger charge is 2.04. The van der Waals surface area contributed by atoms with Gasteiger partial charge in [0.15, 0.2) is 0 Å². The Balaban J connectivity index is 2.38. The van der Waals surface area contributed by atoms with E-state index < -0.39 is 0 Å². The molecule has 0 fully saturated rings. The molecule has 1 heterocycles. The molecule has 0 spiro atoms. The molecule has 0 amide bonds. The maximum atomic E-state index is 5.77. The molecule has 1 aromatic heterocycles. The third kappa shape index (κ3) is 2.12. The Bertz CT molecular complexity index is 471. The second-order valence-electron chi connectivity index (χ2n) is 3.84. The van der Waals surface area contributed by atoms with Crippen LogP contribution in [0.2, 0.25) is 0 Å². The van der Waals surface area contributed by atoms with Gasteiger partial charge in [-0.05, 0) is 37.1 Å². The van der Waals surface area contributed by atoms with Crippen molar-refractivity contribution in [2.45, 2.75) is 26.1 Å². The Morgan fingerprint density at radius 3 is 2.44 bits per heavy atom. The number of nitrogens with zero attached hydrogens (tertiary/aromatic N) is 2. The third-order valence-electron chi connectivity index (χ3n) is 2.66. The van der Waals surface area contributed by atoms with Gasteiger partial charge in [0.2, 0.25) is 0 Å². The Morgan fingerprint density at radius 1 is 1.25 bits per heavy atom. The molecule has 16 heavy (non-hydrogen) atoms. The normalized spacial score (nSPS) is 10.7. The minimum Gasteiger partial charge on any atom is -0.238 e. The average molecular weight is 235 g/mol. The first kappa shape index (κ1) is 11.2. The fourth-order valence-electron chi connectivity index (χ4n) is 1.74. The minimum absolute atomic E-state index is 0.459. The SMILES string of the molecule is CCc1ccc(-n2nc(CCl)cc2C)cc1. The molecule has 0 N–H and O–H groups in total. The van der Waals surface area contributed by atoms with Crippen LogP contribution >= 0.6 is 11.6 Å². The van der Waals surface area contributed by atoms with Gasteiger partial charge >= 0.3 is 0 Å². The van der Waals surface area contributed by atoms with E-state index >= 15 is 0 Å². The summed E-state index contributed by atoms with van der Waals surface area (Å²) in [6.07, 6.45) is 1.06. The second-order valence-corrected chi connectivity index (χ2v) is 4.11. The van der Waals surface area contributed by atoms with E-state index in [9.17, 15) is 0 Å². The van der Waals surface area contributed by atoms with Crippen molar-refractivity contribution in [2.75, 3.05) is 0 Å². The van der Waals surface area contributed by atoms with Crippen LogP contribution < -0.4 is 0 Å². The smallest absolute Gasteiger partial charge is 0.0779 e. The summed E-state index contributed by atoms with van der Waals surface area (Å²) in [5, 5.41) is 4.44. The number of aromatic nitrogens is 2. The van der Waals surface area contributed by atoms with Crippen molar-refractivity contribution >= 4 is 11.6 Å². The maximum absolute atomic E-state index is 5.77. The van der Waals surface area contributed by atoms with E-state index in [0.29, 0.717) is 5.88 Å². The standard InChI is InChI=1S/C13H15ClN2/c1-3-11-4-6-13(7-5-11)16-10(2)8-12(9-14)15-16/h4-8H,3,9H2,1-2H3. The van der Waals surface area contributed by atoms with E-state index in [1.807, 2.05) is 17.7 Å². The molecule has 84 valence electrons. The van der Waals surface area contributed by atoms with Gasteiger partial charge < -0.3 is 0 Å². The van der Waals surface area contributed by atoms with Crippen LogP contribution in [0.1, 0.15) is 23.9 Å². The van der Waals surface area contributed by atoms with Gasteiger partial charge in [0, 0.05) is 5.69 Å². The van der Waals surface area contributed by atoms with Crippen molar-refractivity contribution in [3.8, 4) is 5.69 Å². The van der Waals surface area contributed by atoms with E-state index in [4.69, 9.17) is 11.6 Å². The summed E-state index contributed by atoms with van der Waals surface area (Å²) in [6.45, 7) is 4.19. The first-order chi connectivity index (χ1) is 7.74. The lowest BCUT2D eigenvalue weighted by atomic mass is 10.1. The Kier molecular flexibility index (Phi) is 3.30. The van der Waals surface area contributed by atoms with E-state index in [2.05, 4.69) is 36.3 Å². The number of hydrogen-bond donors (Lipinski definition) is 0. The van der Waals surface area contributed by atoms with Crippen molar-refractivity contribution < 1.29 is 0 Å². The molecule has 0 aliphatic carbocycles. The molecule has 0 aliphatic heterocycles. The van der Waals surface area contributed by atoms with Crippen LogP contribution in [0.4, 0.5) is 0 Å². The molecule has 2 nitrogen and oxygen atoms in total. The molecule has 0 atom stereocenters. The zero-order valence-electron chi connectivity index (χ0n) is 9.57. The number of alkyl halides is 1. The topological polar surface area (TPSA) is 17.8 Å². The molecular weight excluding hydrogens is 220 g/mol. The van der Waals surface area contributed by atoms with Crippen molar-refractivity contribution in [1.82, 2.24) is 9.78 Å². The summed E-state index contributed by atoms with van der Waals surface area (Å²) in [6, 6.07) is 10.5. The molecule has 1 aromatic carbocycles. The van der Waals surface area contributed by atoms with Gasteiger partial charge in [0.05, 0.1) is 17.3 Å². The van der Waals surface area contributed by atoms with Crippen LogP contribution in [0.3, 0.4) is 0 Å². The second kappa shape index (κ2) is 4.71. The van der Waals surface area contributed by atoms with E-state index in [1.165, 1.54) is 5.56 Å². The van der Waals surface area contributed by atoms with Gasteiger partial charge in [-0.15, -0.1) is 11.6 Å². The van der Waals surface area contributed by atoms with Crippen molar-refractivity contribution in [2.24, 2.45) is 0 Å². The summed E-state index contributed by atoms with van der Waals surface area (Å²) < 4.78 is 1.93. The van der Waals surface area contributed by atoms with E-state index in [0.717, 1.165) is 23.5 Å². The van der Waals surface area contributed by atoms with E-state index in [-0.39, 0.29) is 0 Å². The van der Waals surface area contributed by atoms with Crippen molar-refractivity contribution in [3.05, 3.63) is 47.3 Å². The van der Waals surface area contributed by atoms with Gasteiger partial charge in [0.1, 0.15) is 0 Å². The predicted octanol–water partition coefficient (Wildman–Crippen LogP) is 3.48. The van der Waals surface area contributed by atoms with Gasteiger partial charge in [-0.25, -0.2) is 4.68 Å². The molecule has 3 heteroatoms. The predicted molar refractivity (Wildman–Crippen MR) is 67.2 cm³/mol. The first-order valence-electron chi connectivity index (χ1n) is 5.45. The number of aryl methyl sites for hydroxylation is 2. The van der Waals surface area contributed by atoms with Gasteiger partial charge in [-0.3, -0.25) is 0 Å². The molecule has 0 unspecified atom stereocenters. The highest BCUT2D eigenvalue weighted by atomic mass is 35.5. The summed E-state index contributed by atoms with van der Waals surface area (Å²) in [4.78, 5) is 0. The van der Waals surface area contributed by atoms with Gasteiger partial charge in [0.25, 0.3) is 0 Å². The van der Waals surface area contributed by atoms with Crippen LogP contribution in [-0.2, 0) is 12.3 Å². The number of benzene rings is 1. The van der Waals surface area contributed by atoms with Gasteiger partial charge in [-0.1, -0.05) is 19.1 Å². The van der Waals surface area contributed by atoms with Crippen LogP contribution in [0.15, 0.2) is 30.3 Å². The van der Waals surface area contributed by atoms with E-state index in [1.54, 1.807) is 0 Å². The molecule has 2 aromatic rings. The van der Waals surface area contributed by atoms with Crippen LogP contribution in [0.25, 0.3) is 5.69 Å². The molecule has 0 aliphatic rings. The Morgan fingerprint density at radius 2 is 1.94 bits per heavy atom. The molecule has 0 saturated carbocycles. The highest BCUT2D eigenvalue weighted by Crippen LogP contribution is 2.14. The lowest BCUT2D eigenvalue weighted by Gasteiger charge is -2.04. The molecule has 0 saturated heterocycles. The van der Waals surface area contributed by atoms with Crippen molar-refractivity contribution in [3.63, 3.8) is 0 Å². The van der Waals surface area contributed by atoms with Crippen molar-refractivity contribution in [1.29, 1.82) is 0 Å². The van der Waals surface area contributed by atoms with Crippen LogP contribution in [0.5, 0.6) is 0 Å². The monoisotopic (exact) mass is 234 g/mol. The highest BCUT2D eigenvalue weighted by molar-refractivity contribution is 6.16. The van der Waals surface area contributed by atoms with Crippen LogP contribution in [0, 0.1) is 6.92 Å². The largest absolute Gasteiger partial charge is 0.238 e. The fourth-order valence-corrected chi connectivity index (χ4v) is 1.87. The summed E-state index contributed by atoms with van der Waals surface area (Å²) in [5.41, 5.74) is 4.45. The quantitative estimate of drug-likeness (QED) is 0.744.